The molecule has 0 radical (unpaired) electrons. The molecule has 0 amide bonds. The van der Waals surface area contributed by atoms with Gasteiger partial charge in [-0.2, -0.15) is 0 Å². The maximum atomic E-state index is 6.59. The summed E-state index contributed by atoms with van der Waals surface area (Å²) in [5.41, 5.74) is 7.55. The lowest BCUT2D eigenvalue weighted by Gasteiger charge is -2.28. The van der Waals surface area contributed by atoms with Gasteiger partial charge in [0.2, 0.25) is 0 Å². The third-order valence-electron chi connectivity index (χ3n) is 10.4. The minimum absolute atomic E-state index is 0.914. The largest absolute Gasteiger partial charge is 0.455 e. The van der Waals surface area contributed by atoms with Gasteiger partial charge in [-0.15, -0.1) is 11.3 Å². The normalized spacial score (nSPS) is 11.9. The van der Waals surface area contributed by atoms with Gasteiger partial charge >= 0.3 is 0 Å². The van der Waals surface area contributed by atoms with E-state index in [-0.39, 0.29) is 0 Å². The second-order valence-electron chi connectivity index (χ2n) is 13.3. The van der Waals surface area contributed by atoms with E-state index in [1.807, 2.05) is 17.4 Å². The molecule has 2 nitrogen and oxygen atoms in total. The second kappa shape index (κ2) is 11.0. The summed E-state index contributed by atoms with van der Waals surface area (Å²) in [6.45, 7) is 0. The molecule has 0 atom stereocenters. The Labute approximate surface area is 298 Å². The lowest BCUT2D eigenvalue weighted by molar-refractivity contribution is 0.670. The van der Waals surface area contributed by atoms with Crippen LogP contribution in [-0.2, 0) is 0 Å². The average molecular weight is 668 g/mol. The van der Waals surface area contributed by atoms with Gasteiger partial charge in [0.25, 0.3) is 0 Å². The van der Waals surface area contributed by atoms with Crippen LogP contribution in [0, 0.1) is 0 Å². The molecule has 0 N–H and O–H groups in total. The number of nitrogens with zero attached hydrogens (tertiary/aromatic N) is 1. The van der Waals surface area contributed by atoms with Crippen molar-refractivity contribution in [3.8, 4) is 11.1 Å². The number of thiophene rings is 1. The van der Waals surface area contributed by atoms with Crippen molar-refractivity contribution in [3.63, 3.8) is 0 Å². The zero-order chi connectivity index (χ0) is 33.5. The minimum Gasteiger partial charge on any atom is -0.455 e. The maximum absolute atomic E-state index is 6.59. The molecule has 2 aromatic heterocycles. The summed E-state index contributed by atoms with van der Waals surface area (Å²) >= 11 is 1.88. The van der Waals surface area contributed by atoms with Crippen molar-refractivity contribution in [2.45, 2.75) is 0 Å². The average Bonchev–Trinajstić information content (AvgIpc) is 3.77. The third kappa shape index (κ3) is 4.35. The molecule has 11 aromatic rings. The molecule has 0 aliphatic heterocycles. The van der Waals surface area contributed by atoms with E-state index in [9.17, 15) is 0 Å². The Bertz CT molecular complexity index is 3090. The second-order valence-corrected chi connectivity index (χ2v) is 14.3. The summed E-state index contributed by atoms with van der Waals surface area (Å²) in [5, 5.41) is 12.2. The molecule has 3 heteroatoms. The van der Waals surface area contributed by atoms with Crippen LogP contribution in [0.15, 0.2) is 180 Å². The number of furan rings is 1. The lowest BCUT2D eigenvalue weighted by Crippen LogP contribution is -2.10. The van der Waals surface area contributed by atoms with Crippen LogP contribution < -0.4 is 4.90 Å². The number of fused-ring (bicyclic) bond motifs is 10. The molecule has 11 rings (SSSR count). The van der Waals surface area contributed by atoms with Gasteiger partial charge in [0, 0.05) is 58.7 Å². The number of benzene rings is 9. The van der Waals surface area contributed by atoms with E-state index in [0.29, 0.717) is 0 Å². The van der Waals surface area contributed by atoms with Crippen LogP contribution in [0.25, 0.3) is 85.6 Å². The van der Waals surface area contributed by atoms with E-state index in [1.165, 1.54) is 58.1 Å². The van der Waals surface area contributed by atoms with Crippen molar-refractivity contribution in [3.05, 3.63) is 176 Å². The number of para-hydroxylation sites is 2. The minimum atomic E-state index is 0.914. The monoisotopic (exact) mass is 667 g/mol. The first-order valence-electron chi connectivity index (χ1n) is 17.3. The first-order valence-corrected chi connectivity index (χ1v) is 18.2. The quantitative estimate of drug-likeness (QED) is 0.186. The molecule has 0 saturated carbocycles. The zero-order valence-electron chi connectivity index (χ0n) is 27.5. The molecule has 0 saturated heterocycles. The fourth-order valence-electron chi connectivity index (χ4n) is 8.06. The van der Waals surface area contributed by atoms with Gasteiger partial charge in [0.05, 0.1) is 5.69 Å². The van der Waals surface area contributed by atoms with Crippen LogP contribution in [0.1, 0.15) is 0 Å². The van der Waals surface area contributed by atoms with Gasteiger partial charge in [-0.05, 0) is 69.6 Å². The molecular formula is C48H29NOS. The molecule has 0 unspecified atom stereocenters. The maximum Gasteiger partial charge on any atom is 0.143 e. The summed E-state index contributed by atoms with van der Waals surface area (Å²) in [4.78, 5) is 2.45. The van der Waals surface area contributed by atoms with E-state index in [1.54, 1.807) is 0 Å². The molecule has 0 bridgehead atoms. The summed E-state index contributed by atoms with van der Waals surface area (Å²) in [5.74, 6) is 0. The molecule has 9 aromatic carbocycles. The number of rotatable bonds is 4. The predicted molar refractivity (Wildman–Crippen MR) is 219 cm³/mol. The molecule has 0 aliphatic rings. The zero-order valence-corrected chi connectivity index (χ0v) is 28.3. The Kier molecular flexibility index (Phi) is 6.16. The van der Waals surface area contributed by atoms with Crippen LogP contribution >= 0.6 is 11.3 Å². The molecule has 0 fully saturated rings. The third-order valence-corrected chi connectivity index (χ3v) is 11.6. The van der Waals surface area contributed by atoms with Crippen molar-refractivity contribution in [2.75, 3.05) is 4.90 Å². The fraction of sp³-hybridized carbons (Fsp3) is 0. The van der Waals surface area contributed by atoms with Crippen molar-refractivity contribution in [1.29, 1.82) is 0 Å². The number of hydrogen-bond donors (Lipinski definition) is 0. The van der Waals surface area contributed by atoms with E-state index < -0.39 is 0 Å². The smallest absolute Gasteiger partial charge is 0.143 e. The molecule has 2 heterocycles. The fourth-order valence-corrected chi connectivity index (χ4v) is 9.30. The topological polar surface area (TPSA) is 16.4 Å². The molecule has 0 aliphatic carbocycles. The van der Waals surface area contributed by atoms with Gasteiger partial charge in [-0.3, -0.25) is 0 Å². The Balaban J connectivity index is 1.24. The Morgan fingerprint density at radius 3 is 1.75 bits per heavy atom. The Hall–Kier alpha value is -6.42. The van der Waals surface area contributed by atoms with Gasteiger partial charge < -0.3 is 9.32 Å². The van der Waals surface area contributed by atoms with Crippen LogP contribution in [0.5, 0.6) is 0 Å². The highest BCUT2D eigenvalue weighted by molar-refractivity contribution is 7.26. The summed E-state index contributed by atoms with van der Waals surface area (Å²) < 4.78 is 9.15. The van der Waals surface area contributed by atoms with Crippen LogP contribution in [0.2, 0.25) is 0 Å². The van der Waals surface area contributed by atoms with Gasteiger partial charge in [0.1, 0.15) is 11.2 Å². The summed E-state index contributed by atoms with van der Waals surface area (Å²) in [6.07, 6.45) is 0. The molecule has 0 spiro atoms. The van der Waals surface area contributed by atoms with Crippen molar-refractivity contribution >= 4 is 103 Å². The van der Waals surface area contributed by atoms with E-state index in [0.717, 1.165) is 44.6 Å². The first kappa shape index (κ1) is 28.4. The molecule has 238 valence electrons. The van der Waals surface area contributed by atoms with Crippen molar-refractivity contribution in [1.82, 2.24) is 0 Å². The van der Waals surface area contributed by atoms with Gasteiger partial charge in [-0.1, -0.05) is 133 Å². The van der Waals surface area contributed by atoms with Crippen molar-refractivity contribution < 1.29 is 4.42 Å². The van der Waals surface area contributed by atoms with Crippen molar-refractivity contribution in [2.24, 2.45) is 0 Å². The Morgan fingerprint density at radius 1 is 0.412 bits per heavy atom. The highest BCUT2D eigenvalue weighted by Gasteiger charge is 2.22. The van der Waals surface area contributed by atoms with Gasteiger partial charge in [-0.25, -0.2) is 0 Å². The lowest BCUT2D eigenvalue weighted by atomic mass is 9.95. The molecule has 51 heavy (non-hydrogen) atoms. The highest BCUT2D eigenvalue weighted by Crippen LogP contribution is 2.49. The summed E-state index contributed by atoms with van der Waals surface area (Å²) in [6, 6.07) is 63.8. The van der Waals surface area contributed by atoms with E-state index >= 15 is 0 Å². The van der Waals surface area contributed by atoms with Crippen LogP contribution in [0.3, 0.4) is 0 Å². The standard InChI is InChI=1S/C48H29NOS/c1-3-13-32-27-34(25-23-30(32)11-1)49(35-26-24-31-12-2-4-14-33(31)28-35)43-29-42-46-38(18-10-22-45(46)51-48(42)41-17-6-5-15-36(41)43)40-20-9-19-39-37-16-7-8-21-44(37)50-47(39)40/h1-29H. The summed E-state index contributed by atoms with van der Waals surface area (Å²) in [7, 11) is 0. The van der Waals surface area contributed by atoms with Crippen LogP contribution in [0.4, 0.5) is 17.1 Å². The van der Waals surface area contributed by atoms with E-state index in [2.05, 4.69) is 175 Å². The first-order chi connectivity index (χ1) is 25.3. The van der Waals surface area contributed by atoms with Crippen LogP contribution in [-0.4, -0.2) is 0 Å². The van der Waals surface area contributed by atoms with E-state index in [4.69, 9.17) is 4.42 Å². The SMILES string of the molecule is c1ccc2cc(N(c3ccc4ccccc4c3)c3cc4c(sc5cccc(-c6cccc7c6oc6ccccc67)c54)c4ccccc34)ccc2c1. The highest BCUT2D eigenvalue weighted by atomic mass is 32.1. The molecular weight excluding hydrogens is 639 g/mol. The number of hydrogen-bond acceptors (Lipinski definition) is 3. The predicted octanol–water partition coefficient (Wildman–Crippen LogP) is 14.6. The number of anilines is 3. The van der Waals surface area contributed by atoms with Gasteiger partial charge in [0.15, 0.2) is 0 Å². The Morgan fingerprint density at radius 2 is 1.00 bits per heavy atom.